The lowest BCUT2D eigenvalue weighted by Gasteiger charge is -2.15. The number of anilines is 1. The van der Waals surface area contributed by atoms with E-state index in [0.717, 1.165) is 35.0 Å². The number of hydrogen-bond acceptors (Lipinski definition) is 2. The molecule has 1 aliphatic rings. The van der Waals surface area contributed by atoms with Gasteiger partial charge in [0.05, 0.1) is 11.4 Å². The Morgan fingerprint density at radius 3 is 2.36 bits per heavy atom. The Bertz CT molecular complexity index is 925. The number of hydrogen-bond donors (Lipinski definition) is 2. The number of carbonyl (C=O) groups excluding carboxylic acids is 2. The lowest BCUT2D eigenvalue weighted by atomic mass is 10.1. The second-order valence-corrected chi connectivity index (χ2v) is 6.24. The van der Waals surface area contributed by atoms with Gasteiger partial charge in [0, 0.05) is 29.6 Å². The normalized spacial score (nSPS) is 14.0. The molecule has 5 heteroatoms. The third kappa shape index (κ3) is 2.89. The third-order valence-corrected chi connectivity index (χ3v) is 4.59. The number of fused-ring (bicyclic) bond motifs is 1. The topological polar surface area (TPSA) is 65.2 Å². The molecule has 1 saturated heterocycles. The second kappa shape index (κ2) is 6.43. The molecule has 0 aliphatic carbocycles. The van der Waals surface area contributed by atoms with Gasteiger partial charge in [-0.2, -0.15) is 0 Å². The van der Waals surface area contributed by atoms with Crippen molar-refractivity contribution in [1.29, 1.82) is 0 Å². The number of likely N-dealkylation sites (tertiary alicyclic amines) is 1. The Morgan fingerprint density at radius 2 is 1.60 bits per heavy atom. The minimum Gasteiger partial charge on any atom is -0.353 e. The summed E-state index contributed by atoms with van der Waals surface area (Å²) in [7, 11) is 0. The molecular formula is C20H19N3O2. The molecule has 2 heterocycles. The van der Waals surface area contributed by atoms with E-state index in [0.29, 0.717) is 18.8 Å². The Kier molecular flexibility index (Phi) is 3.98. The van der Waals surface area contributed by atoms with Gasteiger partial charge in [0.2, 0.25) is 0 Å². The van der Waals surface area contributed by atoms with Crippen molar-refractivity contribution in [2.24, 2.45) is 0 Å². The first-order chi connectivity index (χ1) is 12.2. The summed E-state index contributed by atoms with van der Waals surface area (Å²) < 4.78 is 0. The fraction of sp³-hybridized carbons (Fsp3) is 0.200. The molecule has 0 spiro atoms. The summed E-state index contributed by atoms with van der Waals surface area (Å²) >= 11 is 0. The van der Waals surface area contributed by atoms with E-state index in [9.17, 15) is 9.59 Å². The predicted octanol–water partition coefficient (Wildman–Crippen LogP) is 3.40. The maximum absolute atomic E-state index is 12.5. The van der Waals surface area contributed by atoms with Crippen molar-refractivity contribution in [3.63, 3.8) is 0 Å². The number of H-pyrrole nitrogens is 1. The molecule has 2 amide bonds. The van der Waals surface area contributed by atoms with Crippen molar-refractivity contribution in [2.75, 3.05) is 18.4 Å². The van der Waals surface area contributed by atoms with E-state index in [1.807, 2.05) is 54.6 Å². The van der Waals surface area contributed by atoms with Crippen LogP contribution in [0.4, 0.5) is 5.69 Å². The number of carbonyl (C=O) groups is 2. The van der Waals surface area contributed by atoms with Crippen molar-refractivity contribution < 1.29 is 9.59 Å². The van der Waals surface area contributed by atoms with Crippen LogP contribution in [0.25, 0.3) is 22.2 Å². The fourth-order valence-corrected chi connectivity index (χ4v) is 3.32. The number of nitrogens with one attached hydrogen (secondary N) is 2. The van der Waals surface area contributed by atoms with Gasteiger partial charge in [0.1, 0.15) is 0 Å². The van der Waals surface area contributed by atoms with E-state index in [-0.39, 0.29) is 0 Å². The van der Waals surface area contributed by atoms with Gasteiger partial charge in [0.25, 0.3) is 0 Å². The molecule has 5 nitrogen and oxygen atoms in total. The summed E-state index contributed by atoms with van der Waals surface area (Å²) in [5.41, 5.74) is 3.34. The highest BCUT2D eigenvalue weighted by molar-refractivity contribution is 6.40. The van der Waals surface area contributed by atoms with Gasteiger partial charge in [-0.3, -0.25) is 9.59 Å². The van der Waals surface area contributed by atoms with E-state index < -0.39 is 11.8 Å². The first-order valence-corrected chi connectivity index (χ1v) is 8.50. The number of nitrogens with zero attached hydrogens (tertiary/aromatic N) is 1. The molecule has 0 radical (unpaired) electrons. The van der Waals surface area contributed by atoms with E-state index >= 15 is 0 Å². The summed E-state index contributed by atoms with van der Waals surface area (Å²) in [6, 6.07) is 17.5. The maximum atomic E-state index is 12.5. The monoisotopic (exact) mass is 333 g/mol. The lowest BCUT2D eigenvalue weighted by molar-refractivity contribution is -0.142. The number of aromatic nitrogens is 1. The van der Waals surface area contributed by atoms with Crippen LogP contribution in [0.15, 0.2) is 54.6 Å². The first kappa shape index (κ1) is 15.4. The van der Waals surface area contributed by atoms with E-state index in [1.165, 1.54) is 0 Å². The van der Waals surface area contributed by atoms with E-state index in [1.54, 1.807) is 4.90 Å². The molecular weight excluding hydrogens is 314 g/mol. The van der Waals surface area contributed by atoms with Crippen molar-refractivity contribution in [2.45, 2.75) is 12.8 Å². The Labute approximate surface area is 145 Å². The first-order valence-electron chi connectivity index (χ1n) is 8.50. The van der Waals surface area contributed by atoms with Gasteiger partial charge in [-0.05, 0) is 18.9 Å². The SMILES string of the molecule is O=C(Nc1c(-c2ccccc2)[nH]c2ccccc12)C(=O)N1CCCC1. The Balaban J connectivity index is 1.72. The molecule has 0 bridgehead atoms. The average Bonchev–Trinajstić information content (AvgIpc) is 3.30. The standard InChI is InChI=1S/C20H19N3O2/c24-19(20(25)23-12-6-7-13-23)22-18-15-10-4-5-11-16(15)21-17(18)14-8-2-1-3-9-14/h1-5,8-11,21H,6-7,12-13H2,(H,22,24). The van der Waals surface area contributed by atoms with Crippen LogP contribution in [0, 0.1) is 0 Å². The van der Waals surface area contributed by atoms with Crippen LogP contribution in [0.2, 0.25) is 0 Å². The Morgan fingerprint density at radius 1 is 0.920 bits per heavy atom. The van der Waals surface area contributed by atoms with Crippen LogP contribution in [0.5, 0.6) is 0 Å². The number of aromatic amines is 1. The van der Waals surface area contributed by atoms with Crippen molar-refractivity contribution in [3.05, 3.63) is 54.6 Å². The maximum Gasteiger partial charge on any atom is 0.313 e. The number of para-hydroxylation sites is 1. The average molecular weight is 333 g/mol. The van der Waals surface area contributed by atoms with Crippen LogP contribution in [0.3, 0.4) is 0 Å². The van der Waals surface area contributed by atoms with Crippen molar-refractivity contribution in [1.82, 2.24) is 9.88 Å². The van der Waals surface area contributed by atoms with Crippen molar-refractivity contribution >= 4 is 28.4 Å². The van der Waals surface area contributed by atoms with Gasteiger partial charge in [-0.25, -0.2) is 0 Å². The van der Waals surface area contributed by atoms with Gasteiger partial charge >= 0.3 is 11.8 Å². The fourth-order valence-electron chi connectivity index (χ4n) is 3.32. The van der Waals surface area contributed by atoms with Crippen LogP contribution in [-0.2, 0) is 9.59 Å². The molecule has 2 aromatic carbocycles. The zero-order valence-electron chi connectivity index (χ0n) is 13.8. The van der Waals surface area contributed by atoms with E-state index in [4.69, 9.17) is 0 Å². The summed E-state index contributed by atoms with van der Waals surface area (Å²) in [5, 5.41) is 3.74. The van der Waals surface area contributed by atoms with Crippen LogP contribution in [-0.4, -0.2) is 34.8 Å². The van der Waals surface area contributed by atoms with Gasteiger partial charge in [0.15, 0.2) is 0 Å². The second-order valence-electron chi connectivity index (χ2n) is 6.24. The molecule has 1 fully saturated rings. The van der Waals surface area contributed by atoms with Crippen LogP contribution < -0.4 is 5.32 Å². The lowest BCUT2D eigenvalue weighted by Crippen LogP contribution is -2.37. The molecule has 0 saturated carbocycles. The Hall–Kier alpha value is -3.08. The van der Waals surface area contributed by atoms with Gasteiger partial charge < -0.3 is 15.2 Å². The quantitative estimate of drug-likeness (QED) is 0.706. The van der Waals surface area contributed by atoms with E-state index in [2.05, 4.69) is 10.3 Å². The number of benzene rings is 2. The molecule has 2 N–H and O–H groups in total. The minimum absolute atomic E-state index is 0.457. The van der Waals surface area contributed by atoms with Crippen LogP contribution in [0.1, 0.15) is 12.8 Å². The van der Waals surface area contributed by atoms with Gasteiger partial charge in [-0.15, -0.1) is 0 Å². The number of rotatable bonds is 2. The highest BCUT2D eigenvalue weighted by Gasteiger charge is 2.26. The smallest absolute Gasteiger partial charge is 0.313 e. The highest BCUT2D eigenvalue weighted by atomic mass is 16.2. The summed E-state index contributed by atoms with van der Waals surface area (Å²) in [6.45, 7) is 1.32. The van der Waals surface area contributed by atoms with Crippen LogP contribution >= 0.6 is 0 Å². The molecule has 1 aliphatic heterocycles. The zero-order valence-corrected chi connectivity index (χ0v) is 13.8. The van der Waals surface area contributed by atoms with Crippen molar-refractivity contribution in [3.8, 4) is 11.3 Å². The minimum atomic E-state index is -0.580. The molecule has 0 unspecified atom stereocenters. The number of amides is 2. The van der Waals surface area contributed by atoms with Gasteiger partial charge in [-0.1, -0.05) is 48.5 Å². The predicted molar refractivity (Wildman–Crippen MR) is 98.2 cm³/mol. The highest BCUT2D eigenvalue weighted by Crippen LogP contribution is 2.34. The zero-order chi connectivity index (χ0) is 17.2. The summed E-state index contributed by atoms with van der Waals surface area (Å²) in [4.78, 5) is 29.8. The third-order valence-electron chi connectivity index (χ3n) is 4.59. The molecule has 4 rings (SSSR count). The summed E-state index contributed by atoms with van der Waals surface area (Å²) in [6.07, 6.45) is 1.92. The molecule has 3 aromatic rings. The molecule has 25 heavy (non-hydrogen) atoms. The molecule has 126 valence electrons. The largest absolute Gasteiger partial charge is 0.353 e. The molecule has 0 atom stereocenters. The molecule has 1 aromatic heterocycles. The summed E-state index contributed by atoms with van der Waals surface area (Å²) in [5.74, 6) is -1.04.